The van der Waals surface area contributed by atoms with E-state index >= 15 is 0 Å². The average Bonchev–Trinajstić information content (AvgIpc) is 2.59. The molecule has 0 saturated carbocycles. The van der Waals surface area contributed by atoms with Gasteiger partial charge in [0.15, 0.2) is 0 Å². The van der Waals surface area contributed by atoms with Crippen molar-refractivity contribution in [2.75, 3.05) is 25.0 Å². The van der Waals surface area contributed by atoms with Gasteiger partial charge in [-0.3, -0.25) is 0 Å². The van der Waals surface area contributed by atoms with Crippen LogP contribution >= 0.6 is 11.6 Å². The van der Waals surface area contributed by atoms with Crippen LogP contribution in [0.5, 0.6) is 0 Å². The molecule has 0 aliphatic carbocycles. The molecule has 0 aromatic heterocycles. The molecule has 1 fully saturated rings. The molecule has 2 unspecified atom stereocenters. The van der Waals surface area contributed by atoms with E-state index in [9.17, 15) is 0 Å². The van der Waals surface area contributed by atoms with Crippen LogP contribution in [0.1, 0.15) is 19.4 Å². The number of hydrogen-bond donors (Lipinski definition) is 1. The molecule has 1 aliphatic rings. The second-order valence-corrected chi connectivity index (χ2v) is 5.54. The Morgan fingerprint density at radius 2 is 1.94 bits per heavy atom. The summed E-state index contributed by atoms with van der Waals surface area (Å²) in [5, 5.41) is 4.09. The van der Waals surface area contributed by atoms with Gasteiger partial charge in [0.25, 0.3) is 0 Å². The van der Waals surface area contributed by atoms with Gasteiger partial charge in [-0.1, -0.05) is 37.6 Å². The van der Waals surface area contributed by atoms with Crippen molar-refractivity contribution in [3.05, 3.63) is 28.8 Å². The lowest BCUT2D eigenvalue weighted by molar-refractivity contribution is 0.494. The molecule has 0 amide bonds. The SMILES string of the molecule is CNCc1cccc(Cl)c1N1CC(C)C(C)C1. The number of nitrogens with zero attached hydrogens (tertiary/aromatic N) is 1. The number of para-hydroxylation sites is 1. The zero-order valence-corrected chi connectivity index (χ0v) is 11.6. The summed E-state index contributed by atoms with van der Waals surface area (Å²) in [6, 6.07) is 6.18. The summed E-state index contributed by atoms with van der Waals surface area (Å²) in [6.45, 7) is 7.73. The van der Waals surface area contributed by atoms with Gasteiger partial charge in [0.2, 0.25) is 0 Å². The van der Waals surface area contributed by atoms with Crippen molar-refractivity contribution < 1.29 is 0 Å². The Hall–Kier alpha value is -0.730. The maximum atomic E-state index is 6.37. The molecule has 1 aromatic carbocycles. The highest BCUT2D eigenvalue weighted by Crippen LogP contribution is 2.35. The number of hydrogen-bond acceptors (Lipinski definition) is 2. The van der Waals surface area contributed by atoms with Crippen molar-refractivity contribution in [3.8, 4) is 0 Å². The van der Waals surface area contributed by atoms with Gasteiger partial charge in [-0.25, -0.2) is 0 Å². The van der Waals surface area contributed by atoms with Crippen molar-refractivity contribution >= 4 is 17.3 Å². The Morgan fingerprint density at radius 1 is 1.29 bits per heavy atom. The third-order valence-corrected chi connectivity index (χ3v) is 4.05. The molecule has 1 N–H and O–H groups in total. The normalized spacial score (nSPS) is 24.4. The van der Waals surface area contributed by atoms with Gasteiger partial charge in [0.05, 0.1) is 10.7 Å². The Morgan fingerprint density at radius 3 is 2.53 bits per heavy atom. The average molecular weight is 253 g/mol. The zero-order chi connectivity index (χ0) is 12.4. The minimum atomic E-state index is 0.744. The summed E-state index contributed by atoms with van der Waals surface area (Å²) in [5.74, 6) is 1.49. The van der Waals surface area contributed by atoms with Crippen molar-refractivity contribution in [3.63, 3.8) is 0 Å². The quantitative estimate of drug-likeness (QED) is 0.889. The summed E-state index contributed by atoms with van der Waals surface area (Å²) in [6.07, 6.45) is 0. The molecular weight excluding hydrogens is 232 g/mol. The predicted molar refractivity (Wildman–Crippen MR) is 74.8 cm³/mol. The molecule has 0 radical (unpaired) electrons. The van der Waals surface area contributed by atoms with Crippen LogP contribution in [0.15, 0.2) is 18.2 Å². The molecule has 2 atom stereocenters. The molecular formula is C14H21ClN2. The molecule has 2 rings (SSSR count). The van der Waals surface area contributed by atoms with Crippen molar-refractivity contribution in [1.82, 2.24) is 5.32 Å². The first kappa shape index (κ1) is 12.7. The Labute approximate surface area is 109 Å². The van der Waals surface area contributed by atoms with Crippen LogP contribution in [-0.2, 0) is 6.54 Å². The van der Waals surface area contributed by atoms with Crippen LogP contribution in [-0.4, -0.2) is 20.1 Å². The van der Waals surface area contributed by atoms with Crippen molar-refractivity contribution in [2.24, 2.45) is 11.8 Å². The highest BCUT2D eigenvalue weighted by atomic mass is 35.5. The number of benzene rings is 1. The predicted octanol–water partition coefficient (Wildman–Crippen LogP) is 3.15. The summed E-state index contributed by atoms with van der Waals surface area (Å²) in [4.78, 5) is 2.43. The monoisotopic (exact) mass is 252 g/mol. The van der Waals surface area contributed by atoms with Gasteiger partial charge in [0.1, 0.15) is 0 Å². The lowest BCUT2D eigenvalue weighted by Gasteiger charge is -2.23. The fraction of sp³-hybridized carbons (Fsp3) is 0.571. The minimum Gasteiger partial charge on any atom is -0.370 e. The van der Waals surface area contributed by atoms with Crippen LogP contribution in [0.4, 0.5) is 5.69 Å². The van der Waals surface area contributed by atoms with Crippen LogP contribution < -0.4 is 10.2 Å². The van der Waals surface area contributed by atoms with Crippen molar-refractivity contribution in [2.45, 2.75) is 20.4 Å². The summed E-state index contributed by atoms with van der Waals surface area (Å²) in [5.41, 5.74) is 2.51. The summed E-state index contributed by atoms with van der Waals surface area (Å²) in [7, 11) is 1.97. The molecule has 0 bridgehead atoms. The van der Waals surface area contributed by atoms with E-state index in [4.69, 9.17) is 11.6 Å². The fourth-order valence-corrected chi connectivity index (χ4v) is 2.87. The largest absolute Gasteiger partial charge is 0.370 e. The highest BCUT2D eigenvalue weighted by molar-refractivity contribution is 6.33. The second kappa shape index (κ2) is 5.28. The van der Waals surface area contributed by atoms with E-state index in [1.54, 1.807) is 0 Å². The third-order valence-electron chi connectivity index (χ3n) is 3.74. The smallest absolute Gasteiger partial charge is 0.0642 e. The summed E-state index contributed by atoms with van der Waals surface area (Å²) >= 11 is 6.37. The topological polar surface area (TPSA) is 15.3 Å². The van der Waals surface area contributed by atoms with Gasteiger partial charge in [-0.2, -0.15) is 0 Å². The zero-order valence-electron chi connectivity index (χ0n) is 10.8. The first-order chi connectivity index (χ1) is 8.13. The van der Waals surface area contributed by atoms with Gasteiger partial charge in [-0.15, -0.1) is 0 Å². The van der Waals surface area contributed by atoms with Gasteiger partial charge in [-0.05, 0) is 30.5 Å². The number of rotatable bonds is 3. The van der Waals surface area contributed by atoms with Gasteiger partial charge in [0, 0.05) is 19.6 Å². The molecule has 94 valence electrons. The molecule has 1 aromatic rings. The Balaban J connectivity index is 2.31. The fourth-order valence-electron chi connectivity index (χ4n) is 2.56. The lowest BCUT2D eigenvalue weighted by Crippen LogP contribution is -2.22. The highest BCUT2D eigenvalue weighted by Gasteiger charge is 2.28. The molecule has 0 spiro atoms. The maximum Gasteiger partial charge on any atom is 0.0642 e. The maximum absolute atomic E-state index is 6.37. The molecule has 1 saturated heterocycles. The van der Waals surface area contributed by atoms with E-state index in [1.807, 2.05) is 19.2 Å². The second-order valence-electron chi connectivity index (χ2n) is 5.14. The third kappa shape index (κ3) is 2.58. The Kier molecular flexibility index (Phi) is 3.95. The van der Waals surface area contributed by atoms with E-state index in [-0.39, 0.29) is 0 Å². The van der Waals surface area contributed by atoms with Crippen LogP contribution in [0.3, 0.4) is 0 Å². The molecule has 2 nitrogen and oxygen atoms in total. The van der Waals surface area contributed by atoms with Crippen molar-refractivity contribution in [1.29, 1.82) is 0 Å². The van der Waals surface area contributed by atoms with Gasteiger partial charge < -0.3 is 10.2 Å². The number of halogens is 1. The first-order valence-corrected chi connectivity index (χ1v) is 6.68. The van der Waals surface area contributed by atoms with Crippen LogP contribution in [0.25, 0.3) is 0 Å². The lowest BCUT2D eigenvalue weighted by atomic mass is 10.0. The van der Waals surface area contributed by atoms with E-state index in [0.717, 1.165) is 36.5 Å². The molecule has 17 heavy (non-hydrogen) atoms. The summed E-state index contributed by atoms with van der Waals surface area (Å²) < 4.78 is 0. The van der Waals surface area contributed by atoms with E-state index in [1.165, 1.54) is 11.3 Å². The Bertz CT molecular complexity index is 382. The minimum absolute atomic E-state index is 0.744. The first-order valence-electron chi connectivity index (χ1n) is 6.30. The van der Waals surface area contributed by atoms with Crippen LogP contribution in [0, 0.1) is 11.8 Å². The molecule has 3 heteroatoms. The van der Waals surface area contributed by atoms with E-state index < -0.39 is 0 Å². The van der Waals surface area contributed by atoms with E-state index in [0.29, 0.717) is 0 Å². The number of anilines is 1. The van der Waals surface area contributed by atoms with Gasteiger partial charge >= 0.3 is 0 Å². The molecule has 1 aliphatic heterocycles. The standard InChI is InChI=1S/C14H21ClN2/c1-10-8-17(9-11(10)2)14-12(7-16-3)5-4-6-13(14)15/h4-6,10-11,16H,7-9H2,1-3H3. The number of nitrogens with one attached hydrogen (secondary N) is 1. The molecule has 1 heterocycles. The van der Waals surface area contributed by atoms with Crippen LogP contribution in [0.2, 0.25) is 5.02 Å². The van der Waals surface area contributed by atoms with E-state index in [2.05, 4.69) is 30.1 Å².